The molecule has 0 aliphatic carbocycles. The number of aryl methyl sites for hydroxylation is 1. The van der Waals surface area contributed by atoms with Crippen molar-refractivity contribution in [3.8, 4) is 11.4 Å². The van der Waals surface area contributed by atoms with Crippen LogP contribution in [0.25, 0.3) is 11.4 Å². The van der Waals surface area contributed by atoms with Crippen molar-refractivity contribution >= 4 is 33.0 Å². The molecule has 11 heteroatoms. The number of anilines is 1. The average Bonchev–Trinajstić information content (AvgIpc) is 3.43. The van der Waals surface area contributed by atoms with Gasteiger partial charge < -0.3 is 5.32 Å². The van der Waals surface area contributed by atoms with E-state index in [0.29, 0.717) is 24.6 Å². The minimum Gasteiger partial charge on any atom is -0.321 e. The maximum absolute atomic E-state index is 12.8. The van der Waals surface area contributed by atoms with E-state index in [0.717, 1.165) is 29.7 Å². The number of carbonyl (C=O) groups excluding carboxylic acids is 1. The van der Waals surface area contributed by atoms with E-state index in [4.69, 9.17) is 0 Å². The predicted molar refractivity (Wildman–Crippen MR) is 104 cm³/mol. The molecule has 1 saturated heterocycles. The molecule has 1 aromatic carbocycles. The van der Waals surface area contributed by atoms with Gasteiger partial charge in [0.05, 0.1) is 0 Å². The Labute approximate surface area is 166 Å². The molecule has 4 rings (SSSR count). The van der Waals surface area contributed by atoms with Crippen LogP contribution in [0.5, 0.6) is 0 Å². The van der Waals surface area contributed by atoms with Crippen LogP contribution in [0.1, 0.15) is 22.5 Å². The van der Waals surface area contributed by atoms with Crippen molar-refractivity contribution in [1.82, 2.24) is 24.5 Å². The number of aromatic nitrogens is 4. The fourth-order valence-electron chi connectivity index (χ4n) is 3.13. The fourth-order valence-corrected chi connectivity index (χ4v) is 5.94. The number of hydrogen-bond acceptors (Lipinski definition) is 7. The van der Waals surface area contributed by atoms with Gasteiger partial charge in [0.2, 0.25) is 10.0 Å². The van der Waals surface area contributed by atoms with Crippen LogP contribution in [0.3, 0.4) is 0 Å². The summed E-state index contributed by atoms with van der Waals surface area (Å²) in [6.45, 7) is 0.986. The zero-order valence-corrected chi connectivity index (χ0v) is 16.7. The predicted octanol–water partition coefficient (Wildman–Crippen LogP) is 1.98. The van der Waals surface area contributed by atoms with Gasteiger partial charge in [-0.2, -0.15) is 4.31 Å². The van der Waals surface area contributed by atoms with Gasteiger partial charge in [-0.25, -0.2) is 13.1 Å². The summed E-state index contributed by atoms with van der Waals surface area (Å²) < 4.78 is 28.7. The Bertz CT molecular complexity index is 1120. The van der Waals surface area contributed by atoms with E-state index in [1.165, 1.54) is 15.1 Å². The summed E-state index contributed by atoms with van der Waals surface area (Å²) in [6, 6.07) is 8.57. The highest BCUT2D eigenvalue weighted by atomic mass is 32.2. The molecule has 3 heterocycles. The SMILES string of the molecule is Cn1nnnc1-c1cccc(NC(=O)c2sccc2S(=O)(=O)N2CCCC2)c1. The first-order valence-corrected chi connectivity index (χ1v) is 11.0. The maximum Gasteiger partial charge on any atom is 0.267 e. The number of tetrazole rings is 1. The van der Waals surface area contributed by atoms with E-state index in [1.807, 2.05) is 6.07 Å². The van der Waals surface area contributed by atoms with Gasteiger partial charge in [-0.1, -0.05) is 12.1 Å². The van der Waals surface area contributed by atoms with Crippen molar-refractivity contribution in [2.45, 2.75) is 17.7 Å². The molecule has 0 radical (unpaired) electrons. The van der Waals surface area contributed by atoms with E-state index >= 15 is 0 Å². The zero-order chi connectivity index (χ0) is 19.7. The smallest absolute Gasteiger partial charge is 0.267 e. The Kier molecular flexibility index (Phi) is 4.96. The van der Waals surface area contributed by atoms with Crippen molar-refractivity contribution in [1.29, 1.82) is 0 Å². The highest BCUT2D eigenvalue weighted by Gasteiger charge is 2.31. The van der Waals surface area contributed by atoms with Crippen molar-refractivity contribution < 1.29 is 13.2 Å². The summed E-state index contributed by atoms with van der Waals surface area (Å²) in [5.74, 6) is 0.102. The highest BCUT2D eigenvalue weighted by Crippen LogP contribution is 2.29. The van der Waals surface area contributed by atoms with Gasteiger partial charge >= 0.3 is 0 Å². The van der Waals surface area contributed by atoms with Gasteiger partial charge in [0, 0.05) is 31.4 Å². The van der Waals surface area contributed by atoms with Gasteiger partial charge in [0.1, 0.15) is 9.77 Å². The van der Waals surface area contributed by atoms with Crippen molar-refractivity contribution in [3.05, 3.63) is 40.6 Å². The summed E-state index contributed by atoms with van der Waals surface area (Å²) in [4.78, 5) is 13.0. The van der Waals surface area contributed by atoms with Gasteiger partial charge in [-0.05, 0) is 46.8 Å². The third kappa shape index (κ3) is 3.43. The number of hydrogen-bond donors (Lipinski definition) is 1. The number of rotatable bonds is 5. The highest BCUT2D eigenvalue weighted by molar-refractivity contribution is 7.89. The molecule has 3 aromatic rings. The normalized spacial score (nSPS) is 15.0. The van der Waals surface area contributed by atoms with E-state index in [2.05, 4.69) is 20.8 Å². The Morgan fingerprint density at radius 1 is 1.21 bits per heavy atom. The standard InChI is InChI=1S/C17H18N6O3S2/c1-22-16(19-20-21-22)12-5-4-6-13(11-12)18-17(24)15-14(7-10-27-15)28(25,26)23-8-2-3-9-23/h4-7,10-11H,2-3,8-9H2,1H3,(H,18,24). The van der Waals surface area contributed by atoms with Crippen molar-refractivity contribution in [2.24, 2.45) is 7.05 Å². The average molecular weight is 419 g/mol. The van der Waals surface area contributed by atoms with Crippen LogP contribution < -0.4 is 5.32 Å². The molecular formula is C17H18N6O3S2. The van der Waals surface area contributed by atoms with E-state index in [-0.39, 0.29) is 9.77 Å². The summed E-state index contributed by atoms with van der Waals surface area (Å²) in [7, 11) is -1.94. The first kappa shape index (κ1) is 18.7. The molecule has 1 amide bonds. The van der Waals surface area contributed by atoms with Crippen LogP contribution in [0.15, 0.2) is 40.6 Å². The molecule has 1 aliphatic heterocycles. The number of sulfonamides is 1. The topological polar surface area (TPSA) is 110 Å². The Balaban J connectivity index is 1.59. The Hall–Kier alpha value is -2.63. The lowest BCUT2D eigenvalue weighted by atomic mass is 10.2. The maximum atomic E-state index is 12.8. The number of nitrogens with one attached hydrogen (secondary N) is 1. The van der Waals surface area contributed by atoms with Gasteiger partial charge in [0.25, 0.3) is 5.91 Å². The number of carbonyl (C=O) groups is 1. The molecule has 28 heavy (non-hydrogen) atoms. The quantitative estimate of drug-likeness (QED) is 0.678. The summed E-state index contributed by atoms with van der Waals surface area (Å²) in [5, 5.41) is 15.8. The molecular weight excluding hydrogens is 400 g/mol. The molecule has 0 bridgehead atoms. The monoisotopic (exact) mass is 418 g/mol. The Morgan fingerprint density at radius 2 is 2.00 bits per heavy atom. The molecule has 0 atom stereocenters. The second-order valence-corrected chi connectivity index (χ2v) is 9.21. The first-order valence-electron chi connectivity index (χ1n) is 8.68. The lowest BCUT2D eigenvalue weighted by Crippen LogP contribution is -2.29. The largest absolute Gasteiger partial charge is 0.321 e. The minimum atomic E-state index is -3.66. The molecule has 0 saturated carbocycles. The second-order valence-electron chi connectivity index (χ2n) is 6.39. The molecule has 0 unspecified atom stereocenters. The van der Waals surface area contributed by atoms with Crippen LogP contribution in [-0.4, -0.2) is 51.9 Å². The summed E-state index contributed by atoms with van der Waals surface area (Å²) in [5.41, 5.74) is 1.27. The summed E-state index contributed by atoms with van der Waals surface area (Å²) >= 11 is 1.11. The number of thiophene rings is 1. The molecule has 0 spiro atoms. The van der Waals surface area contributed by atoms with E-state index in [9.17, 15) is 13.2 Å². The number of benzene rings is 1. The van der Waals surface area contributed by atoms with Gasteiger partial charge in [0.15, 0.2) is 5.82 Å². The molecule has 146 valence electrons. The van der Waals surface area contributed by atoms with E-state index in [1.54, 1.807) is 30.6 Å². The summed E-state index contributed by atoms with van der Waals surface area (Å²) in [6.07, 6.45) is 1.68. The van der Waals surface area contributed by atoms with Crippen LogP contribution in [0.4, 0.5) is 5.69 Å². The lowest BCUT2D eigenvalue weighted by Gasteiger charge is -2.15. The third-order valence-corrected chi connectivity index (χ3v) is 7.50. The lowest BCUT2D eigenvalue weighted by molar-refractivity contribution is 0.102. The molecule has 1 N–H and O–H groups in total. The number of nitrogens with zero attached hydrogens (tertiary/aromatic N) is 5. The minimum absolute atomic E-state index is 0.0607. The third-order valence-electron chi connectivity index (χ3n) is 4.52. The molecule has 1 fully saturated rings. The van der Waals surface area contributed by atoms with Crippen LogP contribution in [0, 0.1) is 0 Å². The number of amides is 1. The van der Waals surface area contributed by atoms with Crippen molar-refractivity contribution in [2.75, 3.05) is 18.4 Å². The Morgan fingerprint density at radius 3 is 2.71 bits per heavy atom. The molecule has 1 aliphatic rings. The fraction of sp³-hybridized carbons (Fsp3) is 0.294. The second kappa shape index (κ2) is 7.41. The van der Waals surface area contributed by atoms with Crippen molar-refractivity contribution in [3.63, 3.8) is 0 Å². The zero-order valence-electron chi connectivity index (χ0n) is 15.1. The van der Waals surface area contributed by atoms with Gasteiger partial charge in [-0.3, -0.25) is 4.79 Å². The molecule has 2 aromatic heterocycles. The van der Waals surface area contributed by atoms with Crippen LogP contribution in [0.2, 0.25) is 0 Å². The molecule has 9 nitrogen and oxygen atoms in total. The van der Waals surface area contributed by atoms with E-state index < -0.39 is 15.9 Å². The van der Waals surface area contributed by atoms with Crippen LogP contribution >= 0.6 is 11.3 Å². The van der Waals surface area contributed by atoms with Crippen LogP contribution in [-0.2, 0) is 17.1 Å². The first-order chi connectivity index (χ1) is 13.5. The van der Waals surface area contributed by atoms with Gasteiger partial charge in [-0.15, -0.1) is 16.4 Å².